The van der Waals surface area contributed by atoms with Crippen molar-refractivity contribution in [3.8, 4) is 5.75 Å². The van der Waals surface area contributed by atoms with Gasteiger partial charge in [0.1, 0.15) is 15.6 Å². The second kappa shape index (κ2) is 9.27. The standard InChI is InChI=1S/C19H13Cl3N2O6S/c1-8(18(25)23-12-5-3-9(24(27)28)7-11(12)20)30-19(26)17-14(21)10-4-6-13(29-2)15(22)16(10)31-17/h3-8H,1-2H3,(H,23,25)/t8-/m1/s1. The van der Waals surface area contributed by atoms with Crippen molar-refractivity contribution in [3.63, 3.8) is 0 Å². The number of halogens is 3. The van der Waals surface area contributed by atoms with Crippen LogP contribution in [-0.2, 0) is 9.53 Å². The quantitative estimate of drug-likeness (QED) is 0.252. The molecule has 0 aliphatic carbocycles. The van der Waals surface area contributed by atoms with E-state index in [9.17, 15) is 19.7 Å². The molecule has 0 saturated heterocycles. The van der Waals surface area contributed by atoms with Gasteiger partial charge >= 0.3 is 5.97 Å². The van der Waals surface area contributed by atoms with Gasteiger partial charge in [0.2, 0.25) is 0 Å². The molecule has 0 aliphatic heterocycles. The van der Waals surface area contributed by atoms with Crippen LogP contribution in [-0.4, -0.2) is 30.0 Å². The summed E-state index contributed by atoms with van der Waals surface area (Å²) < 4.78 is 10.9. The van der Waals surface area contributed by atoms with E-state index in [2.05, 4.69) is 5.32 Å². The minimum absolute atomic E-state index is 0.0304. The molecule has 162 valence electrons. The van der Waals surface area contributed by atoms with Crippen LogP contribution in [0, 0.1) is 10.1 Å². The molecule has 31 heavy (non-hydrogen) atoms. The van der Waals surface area contributed by atoms with Gasteiger partial charge in [0.05, 0.1) is 32.5 Å². The van der Waals surface area contributed by atoms with E-state index in [1.807, 2.05) is 0 Å². The zero-order valence-electron chi connectivity index (χ0n) is 15.9. The van der Waals surface area contributed by atoms with E-state index < -0.39 is 22.9 Å². The summed E-state index contributed by atoms with van der Waals surface area (Å²) in [7, 11) is 1.47. The predicted molar refractivity (Wildman–Crippen MR) is 120 cm³/mol. The molecule has 1 N–H and O–H groups in total. The van der Waals surface area contributed by atoms with Crippen LogP contribution in [0.2, 0.25) is 15.1 Å². The third kappa shape index (κ3) is 4.69. The zero-order chi connectivity index (χ0) is 22.9. The lowest BCUT2D eigenvalue weighted by Gasteiger charge is -2.13. The third-order valence-corrected chi connectivity index (χ3v) is 6.69. The lowest BCUT2D eigenvalue weighted by molar-refractivity contribution is -0.384. The predicted octanol–water partition coefficient (Wildman–Crippen LogP) is 5.96. The van der Waals surface area contributed by atoms with Crippen molar-refractivity contribution in [2.75, 3.05) is 12.4 Å². The monoisotopic (exact) mass is 502 g/mol. The van der Waals surface area contributed by atoms with Gasteiger partial charge in [0.15, 0.2) is 6.10 Å². The number of anilines is 1. The molecular formula is C19H13Cl3N2O6S. The maximum Gasteiger partial charge on any atom is 0.350 e. The number of hydrogen-bond donors (Lipinski definition) is 1. The van der Waals surface area contributed by atoms with Gasteiger partial charge in [-0.25, -0.2) is 4.79 Å². The molecule has 1 amide bonds. The van der Waals surface area contributed by atoms with Crippen LogP contribution in [0.15, 0.2) is 30.3 Å². The normalized spacial score (nSPS) is 11.8. The molecule has 0 spiro atoms. The highest BCUT2D eigenvalue weighted by Crippen LogP contribution is 2.43. The number of non-ortho nitro benzene ring substituents is 1. The summed E-state index contributed by atoms with van der Waals surface area (Å²) in [6.45, 7) is 1.36. The largest absolute Gasteiger partial charge is 0.495 e. The molecule has 0 fully saturated rings. The fourth-order valence-corrected chi connectivity index (χ4v) is 4.58. The number of fused-ring (bicyclic) bond motifs is 1. The van der Waals surface area contributed by atoms with Crippen LogP contribution < -0.4 is 10.1 Å². The van der Waals surface area contributed by atoms with Gasteiger partial charge in [-0.3, -0.25) is 14.9 Å². The third-order valence-electron chi connectivity index (χ3n) is 4.18. The number of carbonyl (C=O) groups excluding carboxylic acids is 2. The molecule has 3 aromatic rings. The number of thiophene rings is 1. The van der Waals surface area contributed by atoms with Crippen LogP contribution in [0.25, 0.3) is 10.1 Å². The number of nitro benzene ring substituents is 1. The van der Waals surface area contributed by atoms with Gasteiger partial charge in [-0.15, -0.1) is 11.3 Å². The molecule has 8 nitrogen and oxygen atoms in total. The Kier molecular flexibility index (Phi) is 6.90. The lowest BCUT2D eigenvalue weighted by atomic mass is 10.2. The van der Waals surface area contributed by atoms with Crippen LogP contribution >= 0.6 is 46.1 Å². The number of rotatable bonds is 6. The average Bonchev–Trinajstić information content (AvgIpc) is 3.07. The van der Waals surface area contributed by atoms with E-state index in [1.165, 1.54) is 26.2 Å². The van der Waals surface area contributed by atoms with E-state index in [0.29, 0.717) is 20.9 Å². The topological polar surface area (TPSA) is 108 Å². The van der Waals surface area contributed by atoms with Crippen molar-refractivity contribution >= 4 is 79.5 Å². The minimum atomic E-state index is -1.20. The summed E-state index contributed by atoms with van der Waals surface area (Å²) >= 11 is 19.6. The Morgan fingerprint density at radius 2 is 1.87 bits per heavy atom. The lowest BCUT2D eigenvalue weighted by Crippen LogP contribution is -2.30. The van der Waals surface area contributed by atoms with Crippen molar-refractivity contribution in [2.45, 2.75) is 13.0 Å². The highest BCUT2D eigenvalue weighted by molar-refractivity contribution is 7.22. The molecule has 0 saturated carbocycles. The molecule has 3 rings (SSSR count). The molecule has 2 aromatic carbocycles. The number of amides is 1. The number of nitrogens with zero attached hydrogens (tertiary/aromatic N) is 1. The fourth-order valence-electron chi connectivity index (χ4n) is 2.59. The minimum Gasteiger partial charge on any atom is -0.495 e. The summed E-state index contributed by atoms with van der Waals surface area (Å²) in [5.74, 6) is -1.06. The number of ether oxygens (including phenoxy) is 2. The Morgan fingerprint density at radius 3 is 2.48 bits per heavy atom. The average molecular weight is 504 g/mol. The Bertz CT molecular complexity index is 1210. The molecule has 0 unspecified atom stereocenters. The second-order valence-corrected chi connectivity index (χ2v) is 8.35. The summed E-state index contributed by atoms with van der Waals surface area (Å²) in [5.41, 5.74) is -0.0869. The Hall–Kier alpha value is -2.59. The zero-order valence-corrected chi connectivity index (χ0v) is 19.0. The van der Waals surface area contributed by atoms with E-state index in [-0.39, 0.29) is 26.3 Å². The first-order valence-electron chi connectivity index (χ1n) is 8.54. The van der Waals surface area contributed by atoms with E-state index in [4.69, 9.17) is 44.3 Å². The van der Waals surface area contributed by atoms with Gasteiger partial charge in [-0.1, -0.05) is 34.8 Å². The number of nitro groups is 1. The molecule has 0 radical (unpaired) electrons. The summed E-state index contributed by atoms with van der Waals surface area (Å²) in [5, 5.41) is 14.2. The molecule has 12 heteroatoms. The maximum atomic E-state index is 12.6. The summed E-state index contributed by atoms with van der Waals surface area (Å²) in [4.78, 5) is 35.2. The van der Waals surface area contributed by atoms with E-state index in [0.717, 1.165) is 17.4 Å². The molecule has 1 heterocycles. The maximum absolute atomic E-state index is 12.6. The van der Waals surface area contributed by atoms with Crippen LogP contribution in [0.1, 0.15) is 16.6 Å². The molecule has 0 bridgehead atoms. The first kappa shape index (κ1) is 23.1. The first-order chi connectivity index (χ1) is 14.6. The van der Waals surface area contributed by atoms with Gasteiger partial charge < -0.3 is 14.8 Å². The molecule has 1 aromatic heterocycles. The van der Waals surface area contributed by atoms with Gasteiger partial charge in [0.25, 0.3) is 11.6 Å². The Labute approximate surface area is 194 Å². The van der Waals surface area contributed by atoms with Gasteiger partial charge in [-0.05, 0) is 25.1 Å². The number of methoxy groups -OCH3 is 1. The number of benzene rings is 2. The SMILES string of the molecule is COc1ccc2c(Cl)c(C(=O)O[C@H](C)C(=O)Nc3ccc([N+](=O)[O-])cc3Cl)sc2c1Cl. The first-order valence-corrected chi connectivity index (χ1v) is 10.5. The van der Waals surface area contributed by atoms with Crippen molar-refractivity contribution in [3.05, 3.63) is 60.4 Å². The van der Waals surface area contributed by atoms with Crippen molar-refractivity contribution in [2.24, 2.45) is 0 Å². The van der Waals surface area contributed by atoms with E-state index in [1.54, 1.807) is 12.1 Å². The van der Waals surface area contributed by atoms with Crippen LogP contribution in [0.3, 0.4) is 0 Å². The summed E-state index contributed by atoms with van der Waals surface area (Å²) in [6.07, 6.45) is -1.20. The Morgan fingerprint density at radius 1 is 1.16 bits per heavy atom. The smallest absolute Gasteiger partial charge is 0.350 e. The van der Waals surface area contributed by atoms with Crippen LogP contribution in [0.4, 0.5) is 11.4 Å². The number of carbonyl (C=O) groups is 2. The van der Waals surface area contributed by atoms with Crippen molar-refractivity contribution in [1.29, 1.82) is 0 Å². The summed E-state index contributed by atoms with van der Waals surface area (Å²) in [6, 6.07) is 6.87. The number of hydrogen-bond acceptors (Lipinski definition) is 7. The van der Waals surface area contributed by atoms with Gasteiger partial charge in [0, 0.05) is 17.5 Å². The van der Waals surface area contributed by atoms with Crippen molar-refractivity contribution in [1.82, 2.24) is 0 Å². The molecule has 1 atom stereocenters. The molecular weight excluding hydrogens is 491 g/mol. The van der Waals surface area contributed by atoms with Crippen molar-refractivity contribution < 1.29 is 24.0 Å². The Balaban J connectivity index is 1.76. The van der Waals surface area contributed by atoms with Gasteiger partial charge in [-0.2, -0.15) is 0 Å². The number of esters is 1. The fraction of sp³-hybridized carbons (Fsp3) is 0.158. The highest BCUT2D eigenvalue weighted by Gasteiger charge is 2.25. The highest BCUT2D eigenvalue weighted by atomic mass is 35.5. The van der Waals surface area contributed by atoms with E-state index >= 15 is 0 Å². The second-order valence-electron chi connectivity index (χ2n) is 6.16. The molecule has 0 aliphatic rings. The number of nitrogens with one attached hydrogen (secondary N) is 1. The van der Waals surface area contributed by atoms with Crippen LogP contribution in [0.5, 0.6) is 5.75 Å².